The molecular formula is C18H21FN2O4S3. The van der Waals surface area contributed by atoms with Gasteiger partial charge in [-0.15, -0.1) is 11.3 Å². The first kappa shape index (κ1) is 19.8. The van der Waals surface area contributed by atoms with Crippen LogP contribution in [0.5, 0.6) is 0 Å². The summed E-state index contributed by atoms with van der Waals surface area (Å²) < 4.78 is 64.0. The van der Waals surface area contributed by atoms with Gasteiger partial charge in [0.1, 0.15) is 10.0 Å². The highest BCUT2D eigenvalue weighted by molar-refractivity contribution is 7.97. The maximum Gasteiger partial charge on any atom is 0.193 e. The standard InChI is InChI=1S/C18H21FN2O4S3/c19-14-3-5-15(6-4-14)20-7-9-21(10-8-20)16-12-27(22,23)13-17(16)28(24,25)18-2-1-11-26-18/h1-6,11,16-17H,7-10,12-13H2. The molecule has 0 amide bonds. The number of piperazine rings is 1. The Labute approximate surface area is 168 Å². The second kappa shape index (κ2) is 7.40. The molecule has 2 unspecified atom stereocenters. The average molecular weight is 445 g/mol. The number of hydrogen-bond donors (Lipinski definition) is 0. The van der Waals surface area contributed by atoms with Gasteiger partial charge in [-0.1, -0.05) is 6.07 Å². The van der Waals surface area contributed by atoms with Gasteiger partial charge in [-0.2, -0.15) is 0 Å². The van der Waals surface area contributed by atoms with Gasteiger partial charge < -0.3 is 4.90 Å². The van der Waals surface area contributed by atoms with E-state index in [2.05, 4.69) is 4.90 Å². The van der Waals surface area contributed by atoms with E-state index in [0.29, 0.717) is 26.2 Å². The zero-order valence-corrected chi connectivity index (χ0v) is 17.5. The van der Waals surface area contributed by atoms with Gasteiger partial charge in [-0.25, -0.2) is 21.2 Å². The minimum atomic E-state index is -3.69. The SMILES string of the molecule is O=S1(=O)CC(N2CCN(c3ccc(F)cc3)CC2)C(S(=O)(=O)c2cccs2)C1. The quantitative estimate of drug-likeness (QED) is 0.714. The van der Waals surface area contributed by atoms with Gasteiger partial charge in [-0.05, 0) is 35.7 Å². The van der Waals surface area contributed by atoms with E-state index in [9.17, 15) is 21.2 Å². The van der Waals surface area contributed by atoms with Crippen molar-refractivity contribution in [3.8, 4) is 0 Å². The Balaban J connectivity index is 1.52. The van der Waals surface area contributed by atoms with E-state index >= 15 is 0 Å². The zero-order chi connectivity index (χ0) is 19.9. The Morgan fingerprint density at radius 3 is 2.29 bits per heavy atom. The van der Waals surface area contributed by atoms with E-state index in [1.165, 1.54) is 18.2 Å². The molecule has 10 heteroatoms. The molecule has 0 N–H and O–H groups in total. The number of thiophene rings is 1. The summed E-state index contributed by atoms with van der Waals surface area (Å²) in [7, 11) is -7.10. The Morgan fingerprint density at radius 1 is 1.00 bits per heavy atom. The number of anilines is 1. The Kier molecular flexibility index (Phi) is 5.24. The lowest BCUT2D eigenvalue weighted by Gasteiger charge is -2.40. The van der Waals surface area contributed by atoms with E-state index in [1.54, 1.807) is 23.6 Å². The van der Waals surface area contributed by atoms with Crippen LogP contribution in [-0.2, 0) is 19.7 Å². The summed E-state index contributed by atoms with van der Waals surface area (Å²) in [6.45, 7) is 2.39. The molecule has 0 spiro atoms. The molecule has 0 bridgehead atoms. The molecule has 2 atom stereocenters. The fourth-order valence-corrected chi connectivity index (χ4v) is 10.0. The molecule has 2 saturated heterocycles. The monoisotopic (exact) mass is 444 g/mol. The third kappa shape index (κ3) is 3.83. The molecule has 4 rings (SSSR count). The number of benzene rings is 1. The largest absolute Gasteiger partial charge is 0.369 e. The first-order valence-electron chi connectivity index (χ1n) is 8.99. The fourth-order valence-electron chi connectivity index (χ4n) is 3.97. The molecule has 2 aliphatic rings. The second-order valence-corrected chi connectivity index (χ2v) is 12.7. The average Bonchev–Trinajstić information content (AvgIpc) is 3.31. The highest BCUT2D eigenvalue weighted by Crippen LogP contribution is 2.32. The molecule has 2 aromatic rings. The summed E-state index contributed by atoms with van der Waals surface area (Å²) in [5, 5.41) is 0.751. The number of halogens is 1. The van der Waals surface area contributed by atoms with Crippen LogP contribution in [0.1, 0.15) is 0 Å². The van der Waals surface area contributed by atoms with Crippen molar-refractivity contribution in [1.82, 2.24) is 4.90 Å². The van der Waals surface area contributed by atoms with E-state index in [1.807, 2.05) is 4.90 Å². The third-order valence-electron chi connectivity index (χ3n) is 5.42. The minimum Gasteiger partial charge on any atom is -0.369 e. The third-order valence-corrected chi connectivity index (χ3v) is 11.0. The minimum absolute atomic E-state index is 0.126. The smallest absolute Gasteiger partial charge is 0.193 e. The molecule has 6 nitrogen and oxygen atoms in total. The summed E-state index contributed by atoms with van der Waals surface area (Å²) in [4.78, 5) is 4.09. The zero-order valence-electron chi connectivity index (χ0n) is 15.1. The van der Waals surface area contributed by atoms with Crippen LogP contribution in [0.2, 0.25) is 0 Å². The van der Waals surface area contributed by atoms with E-state index < -0.39 is 31.0 Å². The Bertz CT molecular complexity index is 1030. The first-order chi connectivity index (χ1) is 13.3. The lowest BCUT2D eigenvalue weighted by molar-refractivity contribution is 0.202. The molecule has 2 aliphatic heterocycles. The van der Waals surface area contributed by atoms with Crippen molar-refractivity contribution < 1.29 is 21.2 Å². The fraction of sp³-hybridized carbons (Fsp3) is 0.444. The summed E-state index contributed by atoms with van der Waals surface area (Å²) >= 11 is 1.12. The highest BCUT2D eigenvalue weighted by Gasteiger charge is 2.48. The Morgan fingerprint density at radius 2 is 1.68 bits per heavy atom. The molecule has 0 radical (unpaired) electrons. The van der Waals surface area contributed by atoms with E-state index in [-0.39, 0.29) is 21.5 Å². The lowest BCUT2D eigenvalue weighted by Crippen LogP contribution is -2.54. The number of rotatable bonds is 4. The summed E-state index contributed by atoms with van der Waals surface area (Å²) in [5.41, 5.74) is 0.905. The molecular weight excluding hydrogens is 423 g/mol. The highest BCUT2D eigenvalue weighted by atomic mass is 32.2. The lowest BCUT2D eigenvalue weighted by atomic mass is 10.1. The second-order valence-electron chi connectivity index (χ2n) is 7.16. The summed E-state index contributed by atoms with van der Waals surface area (Å²) in [5.74, 6) is -0.741. The van der Waals surface area contributed by atoms with Crippen molar-refractivity contribution in [1.29, 1.82) is 0 Å². The van der Waals surface area contributed by atoms with Crippen molar-refractivity contribution in [3.05, 3.63) is 47.6 Å². The van der Waals surface area contributed by atoms with Crippen LogP contribution in [0.15, 0.2) is 46.0 Å². The maximum atomic E-state index is 13.1. The van der Waals surface area contributed by atoms with E-state index in [4.69, 9.17) is 0 Å². The van der Waals surface area contributed by atoms with Crippen LogP contribution in [0.4, 0.5) is 10.1 Å². The van der Waals surface area contributed by atoms with E-state index in [0.717, 1.165) is 17.0 Å². The first-order valence-corrected chi connectivity index (χ1v) is 13.2. The predicted molar refractivity (Wildman–Crippen MR) is 108 cm³/mol. The Hall–Kier alpha value is -1.49. The van der Waals surface area contributed by atoms with Gasteiger partial charge in [0, 0.05) is 37.9 Å². The number of hydrogen-bond acceptors (Lipinski definition) is 7. The summed E-state index contributed by atoms with van der Waals surface area (Å²) in [6, 6.07) is 8.92. The van der Waals surface area contributed by atoms with Crippen LogP contribution in [0.25, 0.3) is 0 Å². The van der Waals surface area contributed by atoms with Crippen molar-refractivity contribution in [2.75, 3.05) is 42.6 Å². The van der Waals surface area contributed by atoms with Crippen molar-refractivity contribution in [3.63, 3.8) is 0 Å². The molecule has 1 aromatic heterocycles. The molecule has 3 heterocycles. The van der Waals surface area contributed by atoms with Gasteiger partial charge >= 0.3 is 0 Å². The van der Waals surface area contributed by atoms with Crippen molar-refractivity contribution in [2.45, 2.75) is 15.5 Å². The number of sulfone groups is 2. The molecule has 2 fully saturated rings. The molecule has 0 saturated carbocycles. The molecule has 0 aliphatic carbocycles. The normalized spacial score (nSPS) is 25.8. The summed E-state index contributed by atoms with van der Waals surface area (Å²) in [6.07, 6.45) is 0. The molecule has 28 heavy (non-hydrogen) atoms. The predicted octanol–water partition coefficient (Wildman–Crippen LogP) is 1.65. The van der Waals surface area contributed by atoms with Crippen LogP contribution in [0, 0.1) is 5.82 Å². The topological polar surface area (TPSA) is 74.8 Å². The van der Waals surface area contributed by atoms with Gasteiger partial charge in [0.2, 0.25) is 0 Å². The maximum absolute atomic E-state index is 13.1. The van der Waals surface area contributed by atoms with Gasteiger partial charge in [0.25, 0.3) is 0 Å². The van der Waals surface area contributed by atoms with Crippen LogP contribution in [-0.4, -0.2) is 70.7 Å². The van der Waals surface area contributed by atoms with Gasteiger partial charge in [0.05, 0.1) is 16.8 Å². The van der Waals surface area contributed by atoms with Crippen molar-refractivity contribution in [2.24, 2.45) is 0 Å². The van der Waals surface area contributed by atoms with Gasteiger partial charge in [0.15, 0.2) is 19.7 Å². The van der Waals surface area contributed by atoms with Crippen LogP contribution >= 0.6 is 11.3 Å². The number of nitrogens with zero attached hydrogens (tertiary/aromatic N) is 2. The van der Waals surface area contributed by atoms with Crippen LogP contribution < -0.4 is 4.90 Å². The van der Waals surface area contributed by atoms with Crippen molar-refractivity contribution >= 4 is 36.7 Å². The van der Waals surface area contributed by atoms with Crippen LogP contribution in [0.3, 0.4) is 0 Å². The van der Waals surface area contributed by atoms with Gasteiger partial charge in [-0.3, -0.25) is 4.90 Å². The molecule has 152 valence electrons. The molecule has 1 aromatic carbocycles.